The van der Waals surface area contributed by atoms with Crippen LogP contribution in [0.2, 0.25) is 0 Å². The van der Waals surface area contributed by atoms with Crippen LogP contribution >= 0.6 is 0 Å². The van der Waals surface area contributed by atoms with Gasteiger partial charge in [-0.25, -0.2) is 9.69 Å². The summed E-state index contributed by atoms with van der Waals surface area (Å²) in [6, 6.07) is 21.7. The van der Waals surface area contributed by atoms with Gasteiger partial charge in [-0.05, 0) is 55.3 Å². The van der Waals surface area contributed by atoms with E-state index in [0.29, 0.717) is 16.8 Å². The zero-order valence-corrected chi connectivity index (χ0v) is 19.6. The highest BCUT2D eigenvalue weighted by Gasteiger charge is 2.44. The van der Waals surface area contributed by atoms with E-state index in [4.69, 9.17) is 4.74 Å². The Bertz CT molecular complexity index is 1250. The van der Waals surface area contributed by atoms with Gasteiger partial charge >= 0.3 is 5.97 Å². The van der Waals surface area contributed by atoms with E-state index >= 15 is 0 Å². The number of anilines is 1. The minimum Gasteiger partial charge on any atom is -0.462 e. The van der Waals surface area contributed by atoms with E-state index < -0.39 is 23.8 Å². The van der Waals surface area contributed by atoms with Gasteiger partial charge in [-0.3, -0.25) is 14.4 Å². The lowest BCUT2D eigenvalue weighted by Gasteiger charge is -2.28. The van der Waals surface area contributed by atoms with Crippen molar-refractivity contribution in [2.24, 2.45) is 0 Å². The Morgan fingerprint density at radius 2 is 1.60 bits per heavy atom. The minimum atomic E-state index is -0.945. The summed E-state index contributed by atoms with van der Waals surface area (Å²) in [6.45, 7) is 3.99. The van der Waals surface area contributed by atoms with E-state index in [2.05, 4.69) is 0 Å². The number of benzene rings is 3. The molecule has 0 spiro atoms. The maximum atomic E-state index is 13.6. The summed E-state index contributed by atoms with van der Waals surface area (Å²) in [5.74, 6) is -1.66. The van der Waals surface area contributed by atoms with E-state index in [1.54, 1.807) is 19.1 Å². The van der Waals surface area contributed by atoms with Crippen LogP contribution in [0, 0.1) is 6.92 Å². The van der Waals surface area contributed by atoms with Crippen LogP contribution in [0.5, 0.6) is 0 Å². The second kappa shape index (κ2) is 10.3. The Balaban J connectivity index is 1.64. The molecule has 1 saturated heterocycles. The predicted octanol–water partition coefficient (Wildman–Crippen LogP) is 4.15. The first-order valence-electron chi connectivity index (χ1n) is 11.4. The molecule has 1 heterocycles. The standard InChI is InChI=1S/C28H26N2O5/c1-3-35-28(34)21-13-15-22(16-14-21)30-25(31)17-24(27(30)33)29(18-20-10-5-4-6-11-20)26(32)23-12-8-7-9-19(23)2/h4-16,24H,3,17-18H2,1-2H3. The van der Waals surface area contributed by atoms with Crippen molar-refractivity contribution >= 4 is 29.4 Å². The van der Waals surface area contributed by atoms with Crippen LogP contribution < -0.4 is 4.90 Å². The molecule has 4 rings (SSSR count). The first-order chi connectivity index (χ1) is 16.9. The number of carbonyl (C=O) groups is 4. The first kappa shape index (κ1) is 23.9. The second-order valence-corrected chi connectivity index (χ2v) is 8.29. The molecule has 0 aliphatic carbocycles. The molecule has 35 heavy (non-hydrogen) atoms. The molecule has 1 fully saturated rings. The quantitative estimate of drug-likeness (QED) is 0.383. The van der Waals surface area contributed by atoms with Crippen molar-refractivity contribution in [1.82, 2.24) is 4.90 Å². The van der Waals surface area contributed by atoms with Crippen LogP contribution in [0.4, 0.5) is 5.69 Å². The summed E-state index contributed by atoms with van der Waals surface area (Å²) in [4.78, 5) is 54.6. The normalized spacial score (nSPS) is 15.3. The number of ether oxygens (including phenoxy) is 1. The lowest BCUT2D eigenvalue weighted by atomic mass is 10.0. The fourth-order valence-corrected chi connectivity index (χ4v) is 4.16. The number of esters is 1. The lowest BCUT2D eigenvalue weighted by Crippen LogP contribution is -2.45. The number of hydrogen-bond acceptors (Lipinski definition) is 5. The summed E-state index contributed by atoms with van der Waals surface area (Å²) < 4.78 is 4.99. The van der Waals surface area contributed by atoms with Crippen LogP contribution in [0.3, 0.4) is 0 Å². The number of hydrogen-bond donors (Lipinski definition) is 0. The minimum absolute atomic E-state index is 0.122. The largest absolute Gasteiger partial charge is 0.462 e. The van der Waals surface area contributed by atoms with Crippen LogP contribution in [0.15, 0.2) is 78.9 Å². The molecule has 178 valence electrons. The maximum Gasteiger partial charge on any atom is 0.338 e. The van der Waals surface area contributed by atoms with Crippen molar-refractivity contribution < 1.29 is 23.9 Å². The molecular weight excluding hydrogens is 444 g/mol. The summed E-state index contributed by atoms with van der Waals surface area (Å²) in [6.07, 6.45) is -0.122. The lowest BCUT2D eigenvalue weighted by molar-refractivity contribution is -0.122. The van der Waals surface area contributed by atoms with Crippen LogP contribution in [0.25, 0.3) is 0 Å². The van der Waals surface area contributed by atoms with Crippen molar-refractivity contribution in [2.45, 2.75) is 32.9 Å². The van der Waals surface area contributed by atoms with Gasteiger partial charge in [0.05, 0.1) is 24.3 Å². The van der Waals surface area contributed by atoms with E-state index in [-0.39, 0.29) is 25.5 Å². The smallest absolute Gasteiger partial charge is 0.338 e. The zero-order valence-electron chi connectivity index (χ0n) is 19.6. The van der Waals surface area contributed by atoms with Gasteiger partial charge in [-0.2, -0.15) is 0 Å². The van der Waals surface area contributed by atoms with Crippen molar-refractivity contribution in [1.29, 1.82) is 0 Å². The second-order valence-electron chi connectivity index (χ2n) is 8.29. The zero-order chi connectivity index (χ0) is 24.9. The monoisotopic (exact) mass is 470 g/mol. The first-order valence-corrected chi connectivity index (χ1v) is 11.4. The molecule has 3 aromatic rings. The van der Waals surface area contributed by atoms with Gasteiger partial charge in [-0.15, -0.1) is 0 Å². The highest BCUT2D eigenvalue weighted by Crippen LogP contribution is 2.28. The number of carbonyl (C=O) groups excluding carboxylic acids is 4. The third-order valence-electron chi connectivity index (χ3n) is 5.97. The van der Waals surface area contributed by atoms with Gasteiger partial charge in [0, 0.05) is 12.1 Å². The van der Waals surface area contributed by atoms with Crippen molar-refractivity contribution in [3.63, 3.8) is 0 Å². The molecule has 0 aromatic heterocycles. The summed E-state index contributed by atoms with van der Waals surface area (Å²) in [7, 11) is 0. The van der Waals surface area contributed by atoms with Gasteiger partial charge < -0.3 is 9.64 Å². The third kappa shape index (κ3) is 4.99. The molecule has 7 nitrogen and oxygen atoms in total. The summed E-state index contributed by atoms with van der Waals surface area (Å²) in [5.41, 5.74) is 2.80. The molecule has 0 N–H and O–H groups in total. The van der Waals surface area contributed by atoms with Crippen LogP contribution in [-0.2, 0) is 20.9 Å². The Labute approximate surface area is 203 Å². The van der Waals surface area contributed by atoms with Gasteiger partial charge in [-0.1, -0.05) is 48.5 Å². The molecule has 1 aliphatic heterocycles. The number of nitrogens with zero attached hydrogens (tertiary/aromatic N) is 2. The number of aryl methyl sites for hydroxylation is 1. The summed E-state index contributed by atoms with van der Waals surface area (Å²) >= 11 is 0. The molecule has 7 heteroatoms. The van der Waals surface area contributed by atoms with Gasteiger partial charge in [0.1, 0.15) is 6.04 Å². The highest BCUT2D eigenvalue weighted by molar-refractivity contribution is 6.23. The fourth-order valence-electron chi connectivity index (χ4n) is 4.16. The Hall–Kier alpha value is -4.26. The molecule has 0 saturated carbocycles. The molecule has 1 atom stereocenters. The topological polar surface area (TPSA) is 84.0 Å². The van der Waals surface area contributed by atoms with Gasteiger partial charge in [0.2, 0.25) is 5.91 Å². The SMILES string of the molecule is CCOC(=O)c1ccc(N2C(=O)CC(N(Cc3ccccc3)C(=O)c3ccccc3C)C2=O)cc1. The fraction of sp³-hybridized carbons (Fsp3) is 0.214. The summed E-state index contributed by atoms with van der Waals surface area (Å²) in [5, 5.41) is 0. The molecule has 0 radical (unpaired) electrons. The number of rotatable bonds is 7. The molecule has 3 aromatic carbocycles. The molecule has 1 unspecified atom stereocenters. The van der Waals surface area contributed by atoms with Crippen molar-refractivity contribution in [2.75, 3.05) is 11.5 Å². The molecule has 3 amide bonds. The highest BCUT2D eigenvalue weighted by atomic mass is 16.5. The predicted molar refractivity (Wildman–Crippen MR) is 131 cm³/mol. The van der Waals surface area contributed by atoms with Crippen LogP contribution in [0.1, 0.15) is 45.2 Å². The van der Waals surface area contributed by atoms with Crippen molar-refractivity contribution in [3.8, 4) is 0 Å². The van der Waals surface area contributed by atoms with E-state index in [1.165, 1.54) is 29.2 Å². The Kier molecular flexibility index (Phi) is 7.06. The van der Waals surface area contributed by atoms with Gasteiger partial charge in [0.25, 0.3) is 11.8 Å². The van der Waals surface area contributed by atoms with Crippen LogP contribution in [-0.4, -0.2) is 41.2 Å². The van der Waals surface area contributed by atoms with Crippen molar-refractivity contribution in [3.05, 3.63) is 101 Å². The maximum absolute atomic E-state index is 13.6. The van der Waals surface area contributed by atoms with E-state index in [9.17, 15) is 19.2 Å². The Morgan fingerprint density at radius 1 is 0.943 bits per heavy atom. The average molecular weight is 471 g/mol. The molecular formula is C28H26N2O5. The van der Waals surface area contributed by atoms with E-state index in [0.717, 1.165) is 16.0 Å². The number of amides is 3. The Morgan fingerprint density at radius 3 is 2.26 bits per heavy atom. The molecule has 0 bridgehead atoms. The number of imide groups is 1. The van der Waals surface area contributed by atoms with Gasteiger partial charge in [0.15, 0.2) is 0 Å². The third-order valence-corrected chi connectivity index (χ3v) is 5.97. The molecule has 1 aliphatic rings. The average Bonchev–Trinajstić information content (AvgIpc) is 3.16. The van der Waals surface area contributed by atoms with E-state index in [1.807, 2.05) is 49.4 Å².